The number of nitrogens with zero attached hydrogens (tertiary/aromatic N) is 5. The summed E-state index contributed by atoms with van der Waals surface area (Å²) in [5.41, 5.74) is -0.232. The van der Waals surface area contributed by atoms with Crippen LogP contribution in [0.3, 0.4) is 0 Å². The Morgan fingerprint density at radius 2 is 1.84 bits per heavy atom. The molecule has 3 N–H and O–H groups in total. The number of aromatic amines is 1. The van der Waals surface area contributed by atoms with E-state index >= 15 is 0 Å². The number of halogens is 4. The minimum atomic E-state index is -4.72. The van der Waals surface area contributed by atoms with Crippen LogP contribution in [0.2, 0.25) is 5.02 Å². The van der Waals surface area contributed by atoms with Crippen molar-refractivity contribution in [2.24, 2.45) is 0 Å². The number of ether oxygens (including phenoxy) is 1. The average molecular weight is 633 g/mol. The first-order chi connectivity index (χ1) is 20.6. The summed E-state index contributed by atoms with van der Waals surface area (Å²) in [7, 11) is 0. The second kappa shape index (κ2) is 11.4. The number of carbonyl (C=O) groups is 3. The van der Waals surface area contributed by atoms with E-state index in [9.17, 15) is 27.6 Å². The molecule has 0 saturated carbocycles. The summed E-state index contributed by atoms with van der Waals surface area (Å²) in [5, 5.41) is 20.8. The standard InChI is InChI=1S/C28H28ClF3N8O4/c1-14(41)33-24-18-7-5-15(9-21(18)35-37-24)22-13-40(38-36-22)17-11-23(39(12-17)26(43)44-27(2,3)4)25(42)34-16-6-8-20(29)19(10-16)28(30,31)32/h5-10,13,17,23H,11-12H2,1-4H3,(H,34,42)(H2,33,35,37,41)/t17-,23-/m0/s1. The maximum atomic E-state index is 13.4. The molecule has 0 unspecified atom stereocenters. The lowest BCUT2D eigenvalue weighted by molar-refractivity contribution is -0.137. The average Bonchev–Trinajstić information content (AvgIpc) is 3.66. The maximum Gasteiger partial charge on any atom is 0.417 e. The van der Waals surface area contributed by atoms with Crippen LogP contribution in [0.1, 0.15) is 45.7 Å². The number of benzene rings is 2. The molecule has 232 valence electrons. The third kappa shape index (κ3) is 6.61. The van der Waals surface area contributed by atoms with Crippen molar-refractivity contribution in [1.82, 2.24) is 30.1 Å². The SMILES string of the molecule is CC(=O)Nc1n[nH]c2cc(-c3cn([C@H]4C[C@@H](C(=O)Nc5ccc(Cl)c(C(F)(F)F)c5)N(C(=O)OC(C)(C)C)C4)nn3)ccc12. The molecule has 2 atom stereocenters. The monoisotopic (exact) mass is 632 g/mol. The van der Waals surface area contributed by atoms with Crippen LogP contribution in [-0.4, -0.2) is 66.2 Å². The lowest BCUT2D eigenvalue weighted by Gasteiger charge is -2.28. The lowest BCUT2D eigenvalue weighted by atomic mass is 10.1. The van der Waals surface area contributed by atoms with Crippen molar-refractivity contribution >= 4 is 51.9 Å². The topological polar surface area (TPSA) is 147 Å². The van der Waals surface area contributed by atoms with Crippen LogP contribution in [0.25, 0.3) is 22.2 Å². The molecular formula is C28H28ClF3N8O4. The van der Waals surface area contributed by atoms with Crippen molar-refractivity contribution in [3.05, 3.63) is 53.2 Å². The molecule has 5 rings (SSSR count). The zero-order valence-electron chi connectivity index (χ0n) is 24.0. The number of carbonyl (C=O) groups excluding carboxylic acids is 3. The predicted molar refractivity (Wildman–Crippen MR) is 155 cm³/mol. The molecule has 0 spiro atoms. The summed E-state index contributed by atoms with van der Waals surface area (Å²) in [6, 6.07) is 6.81. The molecule has 44 heavy (non-hydrogen) atoms. The summed E-state index contributed by atoms with van der Waals surface area (Å²) in [5.74, 6) is -0.559. The van der Waals surface area contributed by atoms with E-state index in [1.807, 2.05) is 0 Å². The lowest BCUT2D eigenvalue weighted by Crippen LogP contribution is -2.45. The highest BCUT2D eigenvalue weighted by Crippen LogP contribution is 2.37. The summed E-state index contributed by atoms with van der Waals surface area (Å²) in [4.78, 5) is 39.2. The van der Waals surface area contributed by atoms with E-state index in [0.29, 0.717) is 28.0 Å². The highest BCUT2D eigenvalue weighted by Gasteiger charge is 2.43. The van der Waals surface area contributed by atoms with Gasteiger partial charge in [0, 0.05) is 36.5 Å². The molecule has 16 heteroatoms. The van der Waals surface area contributed by atoms with Crippen LogP contribution in [-0.2, 0) is 20.5 Å². The third-order valence-corrected chi connectivity index (χ3v) is 7.12. The molecule has 2 aromatic carbocycles. The molecule has 2 aromatic heterocycles. The normalized spacial score (nSPS) is 17.1. The minimum Gasteiger partial charge on any atom is -0.444 e. The van der Waals surface area contributed by atoms with Crippen LogP contribution in [0.5, 0.6) is 0 Å². The quantitative estimate of drug-likeness (QED) is 0.258. The van der Waals surface area contributed by atoms with Gasteiger partial charge in [0.15, 0.2) is 5.82 Å². The van der Waals surface area contributed by atoms with Crippen molar-refractivity contribution in [1.29, 1.82) is 0 Å². The molecule has 0 bridgehead atoms. The van der Waals surface area contributed by atoms with Gasteiger partial charge < -0.3 is 15.4 Å². The van der Waals surface area contributed by atoms with Gasteiger partial charge in [0.05, 0.1) is 28.3 Å². The van der Waals surface area contributed by atoms with Gasteiger partial charge in [-0.1, -0.05) is 22.9 Å². The van der Waals surface area contributed by atoms with E-state index < -0.39 is 46.4 Å². The van der Waals surface area contributed by atoms with Gasteiger partial charge >= 0.3 is 12.3 Å². The van der Waals surface area contributed by atoms with Crippen LogP contribution in [0.4, 0.5) is 29.5 Å². The fourth-order valence-electron chi connectivity index (χ4n) is 4.85. The zero-order valence-corrected chi connectivity index (χ0v) is 24.7. The second-order valence-corrected chi connectivity index (χ2v) is 11.7. The number of anilines is 2. The van der Waals surface area contributed by atoms with Crippen molar-refractivity contribution in [3.8, 4) is 11.3 Å². The van der Waals surface area contributed by atoms with E-state index in [1.165, 1.54) is 22.6 Å². The van der Waals surface area contributed by atoms with Gasteiger partial charge in [-0.05, 0) is 51.1 Å². The zero-order chi connectivity index (χ0) is 32.0. The summed E-state index contributed by atoms with van der Waals surface area (Å²) < 4.78 is 47.2. The Labute approximate surface area is 253 Å². The number of alkyl halides is 3. The molecule has 1 aliphatic heterocycles. The first-order valence-electron chi connectivity index (χ1n) is 13.4. The van der Waals surface area contributed by atoms with Crippen molar-refractivity contribution in [3.63, 3.8) is 0 Å². The summed E-state index contributed by atoms with van der Waals surface area (Å²) in [6.07, 6.45) is -3.72. The van der Waals surface area contributed by atoms with Crippen molar-refractivity contribution in [2.45, 2.75) is 58.0 Å². The Bertz CT molecular complexity index is 1750. The van der Waals surface area contributed by atoms with Crippen LogP contribution < -0.4 is 10.6 Å². The second-order valence-electron chi connectivity index (χ2n) is 11.3. The number of aromatic nitrogens is 5. The third-order valence-electron chi connectivity index (χ3n) is 6.79. The maximum absolute atomic E-state index is 13.4. The van der Waals surface area contributed by atoms with E-state index in [1.54, 1.807) is 45.2 Å². The molecule has 1 saturated heterocycles. The molecule has 1 fully saturated rings. The van der Waals surface area contributed by atoms with Crippen molar-refractivity contribution < 1.29 is 32.3 Å². The fraction of sp³-hybridized carbons (Fsp3) is 0.357. The van der Waals surface area contributed by atoms with Gasteiger partial charge in [0.25, 0.3) is 0 Å². The van der Waals surface area contributed by atoms with Gasteiger partial charge in [-0.25, -0.2) is 9.48 Å². The number of likely N-dealkylation sites (tertiary alicyclic amines) is 1. The van der Waals surface area contributed by atoms with Gasteiger partial charge in [0.1, 0.15) is 17.3 Å². The van der Waals surface area contributed by atoms with E-state index in [2.05, 4.69) is 31.1 Å². The highest BCUT2D eigenvalue weighted by molar-refractivity contribution is 6.31. The number of amides is 3. The highest BCUT2D eigenvalue weighted by atomic mass is 35.5. The Balaban J connectivity index is 1.38. The Kier molecular flexibility index (Phi) is 8.01. The van der Waals surface area contributed by atoms with Crippen LogP contribution in [0.15, 0.2) is 42.6 Å². The van der Waals surface area contributed by atoms with Crippen LogP contribution >= 0.6 is 11.6 Å². The molecule has 12 nitrogen and oxygen atoms in total. The van der Waals surface area contributed by atoms with Gasteiger partial charge in [0.2, 0.25) is 11.8 Å². The predicted octanol–water partition coefficient (Wildman–Crippen LogP) is 5.64. The van der Waals surface area contributed by atoms with E-state index in [-0.39, 0.29) is 24.6 Å². The number of fused-ring (bicyclic) bond motifs is 1. The number of hydrogen-bond acceptors (Lipinski definition) is 7. The molecule has 4 aromatic rings. The molecule has 0 aliphatic carbocycles. The molecular weight excluding hydrogens is 605 g/mol. The van der Waals surface area contributed by atoms with Gasteiger partial charge in [-0.3, -0.25) is 19.6 Å². The Morgan fingerprint density at radius 3 is 2.52 bits per heavy atom. The fourth-order valence-corrected chi connectivity index (χ4v) is 5.08. The molecule has 3 heterocycles. The summed E-state index contributed by atoms with van der Waals surface area (Å²) in [6.45, 7) is 6.46. The van der Waals surface area contributed by atoms with E-state index in [0.717, 1.165) is 12.1 Å². The Morgan fingerprint density at radius 1 is 1.09 bits per heavy atom. The molecule has 1 aliphatic rings. The summed E-state index contributed by atoms with van der Waals surface area (Å²) >= 11 is 5.71. The molecule has 3 amide bonds. The van der Waals surface area contributed by atoms with Gasteiger partial charge in [-0.2, -0.15) is 18.3 Å². The van der Waals surface area contributed by atoms with Crippen molar-refractivity contribution in [2.75, 3.05) is 17.2 Å². The number of H-pyrrole nitrogens is 1. The van der Waals surface area contributed by atoms with Crippen LogP contribution in [0, 0.1) is 0 Å². The smallest absolute Gasteiger partial charge is 0.417 e. The first kappa shape index (κ1) is 30.8. The molecule has 0 radical (unpaired) electrons. The number of hydrogen-bond donors (Lipinski definition) is 3. The number of nitrogens with one attached hydrogen (secondary N) is 3. The van der Waals surface area contributed by atoms with Gasteiger partial charge in [-0.15, -0.1) is 5.10 Å². The largest absolute Gasteiger partial charge is 0.444 e. The number of rotatable bonds is 5. The van der Waals surface area contributed by atoms with E-state index in [4.69, 9.17) is 16.3 Å². The Hall–Kier alpha value is -4.66. The first-order valence-corrected chi connectivity index (χ1v) is 13.8. The minimum absolute atomic E-state index is 0.0316.